The van der Waals surface area contributed by atoms with Gasteiger partial charge in [0.2, 0.25) is 0 Å². The summed E-state index contributed by atoms with van der Waals surface area (Å²) in [5.41, 5.74) is 8.65. The third-order valence-electron chi connectivity index (χ3n) is 6.54. The van der Waals surface area contributed by atoms with E-state index < -0.39 is 0 Å². The largest absolute Gasteiger partial charge is 0.310 e. The molecule has 0 heterocycles. The van der Waals surface area contributed by atoms with Gasteiger partial charge < -0.3 is 4.90 Å². The number of benzene rings is 3. The Morgan fingerprint density at radius 3 is 1.77 bits per heavy atom. The monoisotopic (exact) mass is 411 g/mol. The van der Waals surface area contributed by atoms with E-state index in [0.29, 0.717) is 11.3 Å². The fourth-order valence-corrected chi connectivity index (χ4v) is 4.74. The predicted octanol–water partition coefficient (Wildman–Crippen LogP) is 8.82. The van der Waals surface area contributed by atoms with Crippen molar-refractivity contribution >= 4 is 17.1 Å². The van der Waals surface area contributed by atoms with Crippen molar-refractivity contribution < 1.29 is 0 Å². The van der Waals surface area contributed by atoms with Gasteiger partial charge in [-0.2, -0.15) is 0 Å². The van der Waals surface area contributed by atoms with E-state index in [-0.39, 0.29) is 5.41 Å². The van der Waals surface area contributed by atoms with E-state index in [0.717, 1.165) is 0 Å². The van der Waals surface area contributed by atoms with Crippen LogP contribution in [0.2, 0.25) is 0 Å². The van der Waals surface area contributed by atoms with Crippen LogP contribution in [0.15, 0.2) is 72.8 Å². The summed E-state index contributed by atoms with van der Waals surface area (Å²) in [5, 5.41) is 0. The van der Waals surface area contributed by atoms with Crippen LogP contribution in [0.3, 0.4) is 0 Å². The molecule has 3 aromatic rings. The van der Waals surface area contributed by atoms with E-state index in [2.05, 4.69) is 119 Å². The first kappa shape index (κ1) is 21.7. The van der Waals surface area contributed by atoms with Crippen molar-refractivity contribution in [2.75, 3.05) is 4.90 Å². The van der Waals surface area contributed by atoms with Crippen molar-refractivity contribution in [3.05, 3.63) is 89.5 Å². The van der Waals surface area contributed by atoms with Gasteiger partial charge in [-0.15, -0.1) is 0 Å². The van der Waals surface area contributed by atoms with Gasteiger partial charge in [0.25, 0.3) is 0 Å². The first-order valence-electron chi connectivity index (χ1n) is 11.7. The lowest BCUT2D eigenvalue weighted by atomic mass is 9.69. The Morgan fingerprint density at radius 2 is 1.26 bits per heavy atom. The molecule has 0 saturated carbocycles. The van der Waals surface area contributed by atoms with Gasteiger partial charge in [-0.05, 0) is 89.1 Å². The first-order chi connectivity index (χ1) is 14.6. The summed E-state index contributed by atoms with van der Waals surface area (Å²) in [6, 6.07) is 27.0. The molecule has 3 aromatic carbocycles. The Kier molecular flexibility index (Phi) is 5.73. The molecular formula is C30H37N. The summed E-state index contributed by atoms with van der Waals surface area (Å²) in [6.07, 6.45) is 3.60. The van der Waals surface area contributed by atoms with E-state index in [4.69, 9.17) is 0 Å². The Labute approximate surface area is 189 Å². The van der Waals surface area contributed by atoms with Gasteiger partial charge in [-0.3, -0.25) is 0 Å². The predicted molar refractivity (Wildman–Crippen MR) is 135 cm³/mol. The van der Waals surface area contributed by atoms with Gasteiger partial charge in [0, 0.05) is 17.1 Å². The van der Waals surface area contributed by atoms with Crippen molar-refractivity contribution in [1.82, 2.24) is 0 Å². The van der Waals surface area contributed by atoms with Crippen LogP contribution in [0.1, 0.15) is 70.6 Å². The van der Waals surface area contributed by atoms with Crippen molar-refractivity contribution in [2.24, 2.45) is 10.8 Å². The van der Waals surface area contributed by atoms with Crippen molar-refractivity contribution in [2.45, 2.75) is 66.7 Å². The molecule has 1 aliphatic carbocycles. The molecule has 0 radical (unpaired) electrons. The molecule has 1 unspecified atom stereocenters. The van der Waals surface area contributed by atoms with Gasteiger partial charge in [0.15, 0.2) is 0 Å². The Bertz CT molecular complexity index is 1020. The smallest absolute Gasteiger partial charge is 0.0464 e. The van der Waals surface area contributed by atoms with Crippen LogP contribution in [0.5, 0.6) is 0 Å². The lowest BCUT2D eigenvalue weighted by molar-refractivity contribution is 0.229. The van der Waals surface area contributed by atoms with Crippen LogP contribution in [0.4, 0.5) is 17.1 Å². The van der Waals surface area contributed by atoms with E-state index in [1.165, 1.54) is 53.0 Å². The summed E-state index contributed by atoms with van der Waals surface area (Å²) in [6.45, 7) is 14.2. The molecule has 0 saturated heterocycles. The minimum atomic E-state index is 0.232. The third kappa shape index (κ3) is 4.87. The van der Waals surface area contributed by atoms with Gasteiger partial charge in [0.1, 0.15) is 0 Å². The fourth-order valence-electron chi connectivity index (χ4n) is 4.74. The molecule has 0 aromatic heterocycles. The second-order valence-corrected chi connectivity index (χ2v) is 11.4. The number of fused-ring (bicyclic) bond motifs is 1. The zero-order chi connectivity index (χ0) is 22.2. The molecule has 1 heteroatoms. The van der Waals surface area contributed by atoms with Crippen molar-refractivity contribution in [1.29, 1.82) is 0 Å². The van der Waals surface area contributed by atoms with E-state index in [1.54, 1.807) is 0 Å². The van der Waals surface area contributed by atoms with Gasteiger partial charge in [0.05, 0.1) is 0 Å². The molecule has 0 aliphatic heterocycles. The second-order valence-electron chi connectivity index (χ2n) is 11.4. The van der Waals surface area contributed by atoms with Gasteiger partial charge in [-0.25, -0.2) is 0 Å². The quantitative estimate of drug-likeness (QED) is 0.405. The average molecular weight is 412 g/mol. The molecule has 0 bridgehead atoms. The number of aryl methyl sites for hydroxylation is 2. The zero-order valence-electron chi connectivity index (χ0n) is 20.1. The Hall–Kier alpha value is -2.54. The molecule has 0 spiro atoms. The maximum absolute atomic E-state index is 2.39. The summed E-state index contributed by atoms with van der Waals surface area (Å²) in [7, 11) is 0. The van der Waals surface area contributed by atoms with Crippen LogP contribution in [0, 0.1) is 10.8 Å². The highest BCUT2D eigenvalue weighted by Gasteiger charge is 2.30. The fraction of sp³-hybridized carbons (Fsp3) is 0.400. The van der Waals surface area contributed by atoms with Gasteiger partial charge in [-0.1, -0.05) is 77.9 Å². The molecule has 4 rings (SSSR count). The lowest BCUT2D eigenvalue weighted by Gasteiger charge is -2.36. The number of nitrogens with zero attached hydrogens (tertiary/aromatic N) is 1. The first-order valence-corrected chi connectivity index (χ1v) is 11.7. The standard InChI is InChI=1S/C30H37N/c1-29(2,3)21-28(30(4,5)6)23-15-17-26(18-16-23)31(25-10-8-7-9-11-25)27-19-14-22-12-13-24(22)20-27/h7-11,14-20,28H,12-13,21H2,1-6H3. The summed E-state index contributed by atoms with van der Waals surface area (Å²) < 4.78 is 0. The van der Waals surface area contributed by atoms with E-state index in [1.807, 2.05) is 0 Å². The number of hydrogen-bond acceptors (Lipinski definition) is 1. The van der Waals surface area contributed by atoms with Crippen molar-refractivity contribution in [3.63, 3.8) is 0 Å². The van der Waals surface area contributed by atoms with Crippen LogP contribution < -0.4 is 4.90 Å². The second kappa shape index (κ2) is 8.19. The van der Waals surface area contributed by atoms with Crippen LogP contribution in [-0.2, 0) is 12.8 Å². The average Bonchev–Trinajstić information content (AvgIpc) is 2.68. The molecule has 1 nitrogen and oxygen atoms in total. The molecule has 31 heavy (non-hydrogen) atoms. The summed E-state index contributed by atoms with van der Waals surface area (Å²) in [5.74, 6) is 0.531. The Morgan fingerprint density at radius 1 is 0.677 bits per heavy atom. The zero-order valence-corrected chi connectivity index (χ0v) is 20.1. The third-order valence-corrected chi connectivity index (χ3v) is 6.54. The minimum absolute atomic E-state index is 0.232. The number of hydrogen-bond donors (Lipinski definition) is 0. The van der Waals surface area contributed by atoms with Crippen LogP contribution in [0.25, 0.3) is 0 Å². The highest BCUT2D eigenvalue weighted by atomic mass is 15.1. The van der Waals surface area contributed by atoms with E-state index >= 15 is 0 Å². The highest BCUT2D eigenvalue weighted by Crippen LogP contribution is 2.44. The van der Waals surface area contributed by atoms with Crippen LogP contribution >= 0.6 is 0 Å². The summed E-state index contributed by atoms with van der Waals surface area (Å²) >= 11 is 0. The summed E-state index contributed by atoms with van der Waals surface area (Å²) in [4.78, 5) is 2.39. The molecule has 0 fully saturated rings. The molecular weight excluding hydrogens is 374 g/mol. The van der Waals surface area contributed by atoms with Crippen molar-refractivity contribution in [3.8, 4) is 0 Å². The maximum atomic E-state index is 2.39. The normalized spacial score (nSPS) is 14.5. The Balaban J connectivity index is 1.72. The molecule has 1 aliphatic rings. The van der Waals surface area contributed by atoms with Gasteiger partial charge >= 0.3 is 0 Å². The SMILES string of the molecule is CC(C)(C)CC(c1ccc(N(c2ccccc2)c2ccc3c(c2)CC3)cc1)C(C)(C)C. The lowest BCUT2D eigenvalue weighted by Crippen LogP contribution is -2.24. The topological polar surface area (TPSA) is 3.24 Å². The number of para-hydroxylation sites is 1. The molecule has 162 valence electrons. The van der Waals surface area contributed by atoms with E-state index in [9.17, 15) is 0 Å². The highest BCUT2D eigenvalue weighted by molar-refractivity contribution is 5.77. The minimum Gasteiger partial charge on any atom is -0.310 e. The molecule has 0 N–H and O–H groups in total. The molecule has 0 amide bonds. The number of anilines is 3. The van der Waals surface area contributed by atoms with Crippen LogP contribution in [-0.4, -0.2) is 0 Å². The molecule has 1 atom stereocenters. The maximum Gasteiger partial charge on any atom is 0.0464 e. The number of rotatable bonds is 5.